The summed E-state index contributed by atoms with van der Waals surface area (Å²) in [4.78, 5) is 14.1. The number of hydrogen-bond donors (Lipinski definition) is 1. The van der Waals surface area contributed by atoms with Crippen molar-refractivity contribution in [1.29, 1.82) is 5.26 Å². The number of benzene rings is 1. The lowest BCUT2D eigenvalue weighted by atomic mass is 9.59. The normalized spacial score (nSPS) is 22.2. The van der Waals surface area contributed by atoms with E-state index < -0.39 is 5.97 Å². The number of hydrogen-bond acceptors (Lipinski definition) is 5. The molecule has 2 aliphatic heterocycles. The second kappa shape index (κ2) is 6.34. The maximum absolute atomic E-state index is 11.7. The molecule has 1 unspecified atom stereocenters. The Morgan fingerprint density at radius 2 is 2.04 bits per heavy atom. The fourth-order valence-electron chi connectivity index (χ4n) is 4.50. The molecule has 1 aromatic rings. The van der Waals surface area contributed by atoms with E-state index in [1.807, 2.05) is 12.1 Å². The summed E-state index contributed by atoms with van der Waals surface area (Å²) >= 11 is 0. The van der Waals surface area contributed by atoms with Crippen LogP contribution >= 0.6 is 0 Å². The molecule has 0 aromatic heterocycles. The highest BCUT2D eigenvalue weighted by molar-refractivity contribution is 5.92. The first kappa shape index (κ1) is 17.8. The number of anilines is 1. The van der Waals surface area contributed by atoms with E-state index in [1.54, 1.807) is 6.07 Å². The molecule has 2 heterocycles. The Labute approximate surface area is 150 Å². The first-order chi connectivity index (χ1) is 11.8. The van der Waals surface area contributed by atoms with E-state index in [9.17, 15) is 10.1 Å². The van der Waals surface area contributed by atoms with Crippen LogP contribution < -0.4 is 10.2 Å². The third-order valence-corrected chi connectivity index (χ3v) is 5.79. The number of nitrogens with one attached hydrogen (secondary N) is 1. The maximum Gasteiger partial charge on any atom is 0.339 e. The third kappa shape index (κ3) is 3.11. The number of methoxy groups -OCH3 is 1. The molecule has 134 valence electrons. The molecule has 1 aromatic carbocycles. The highest BCUT2D eigenvalue weighted by atomic mass is 16.5. The van der Waals surface area contributed by atoms with Crippen LogP contribution in [0, 0.1) is 22.2 Å². The van der Waals surface area contributed by atoms with Gasteiger partial charge in [-0.1, -0.05) is 20.8 Å². The van der Waals surface area contributed by atoms with Gasteiger partial charge in [-0.05, 0) is 36.5 Å². The standard InChI is InChI=1S/C20H27N3O2/c1-19(2,3)18-20(13-22-18)7-9-23(10-8-20)15-5-6-16(17(24)25-4)14(11-15)12-21/h5-6,11,18,22H,7-10,13H2,1-4H3. The van der Waals surface area contributed by atoms with E-state index in [-0.39, 0.29) is 5.41 Å². The molecule has 1 spiro atoms. The Morgan fingerprint density at radius 3 is 2.52 bits per heavy atom. The summed E-state index contributed by atoms with van der Waals surface area (Å²) in [6.07, 6.45) is 2.31. The van der Waals surface area contributed by atoms with Gasteiger partial charge in [0.15, 0.2) is 0 Å². The van der Waals surface area contributed by atoms with Crippen LogP contribution in [0.1, 0.15) is 49.5 Å². The molecule has 0 amide bonds. The number of piperidine rings is 1. The summed E-state index contributed by atoms with van der Waals surface area (Å²) in [7, 11) is 1.33. The monoisotopic (exact) mass is 341 g/mol. The van der Waals surface area contributed by atoms with Crippen molar-refractivity contribution in [1.82, 2.24) is 5.32 Å². The third-order valence-electron chi connectivity index (χ3n) is 5.79. The topological polar surface area (TPSA) is 65.4 Å². The van der Waals surface area contributed by atoms with E-state index >= 15 is 0 Å². The molecular weight excluding hydrogens is 314 g/mol. The number of rotatable bonds is 2. The molecule has 2 aliphatic rings. The Hall–Kier alpha value is -2.06. The second-order valence-electron chi connectivity index (χ2n) is 8.36. The Morgan fingerprint density at radius 1 is 1.36 bits per heavy atom. The number of ether oxygens (including phenoxy) is 1. The van der Waals surface area contributed by atoms with Crippen LogP contribution in [0.25, 0.3) is 0 Å². The van der Waals surface area contributed by atoms with Crippen molar-refractivity contribution < 1.29 is 9.53 Å². The molecule has 0 saturated carbocycles. The van der Waals surface area contributed by atoms with Gasteiger partial charge in [0.1, 0.15) is 6.07 Å². The molecule has 25 heavy (non-hydrogen) atoms. The first-order valence-electron chi connectivity index (χ1n) is 8.91. The number of carbonyl (C=O) groups is 1. The SMILES string of the molecule is COC(=O)c1ccc(N2CCC3(CC2)CNC3C(C)(C)C)cc1C#N. The van der Waals surface area contributed by atoms with E-state index in [4.69, 9.17) is 4.74 Å². The molecule has 3 rings (SSSR count). The maximum atomic E-state index is 11.7. The number of carbonyl (C=O) groups excluding carboxylic acids is 1. The summed E-state index contributed by atoms with van der Waals surface area (Å²) in [6.45, 7) is 9.99. The molecule has 0 radical (unpaired) electrons. The zero-order chi connectivity index (χ0) is 18.2. The Bertz CT molecular complexity index is 707. The molecule has 2 fully saturated rings. The molecule has 1 N–H and O–H groups in total. The van der Waals surface area contributed by atoms with Crippen molar-refractivity contribution in [3.8, 4) is 6.07 Å². The Kier molecular flexibility index (Phi) is 4.51. The van der Waals surface area contributed by atoms with Crippen molar-refractivity contribution in [2.45, 2.75) is 39.7 Å². The minimum Gasteiger partial charge on any atom is -0.465 e. The second-order valence-corrected chi connectivity index (χ2v) is 8.36. The van der Waals surface area contributed by atoms with Gasteiger partial charge in [0, 0.05) is 36.8 Å². The first-order valence-corrected chi connectivity index (χ1v) is 8.91. The lowest BCUT2D eigenvalue weighted by Crippen LogP contribution is -2.69. The van der Waals surface area contributed by atoms with Crippen molar-refractivity contribution >= 4 is 11.7 Å². The summed E-state index contributed by atoms with van der Waals surface area (Å²) in [5.41, 5.74) is 2.40. The van der Waals surface area contributed by atoms with E-state index in [0.29, 0.717) is 22.6 Å². The molecule has 2 saturated heterocycles. The smallest absolute Gasteiger partial charge is 0.339 e. The van der Waals surface area contributed by atoms with Gasteiger partial charge in [-0.25, -0.2) is 4.79 Å². The minimum atomic E-state index is -0.464. The summed E-state index contributed by atoms with van der Waals surface area (Å²) < 4.78 is 4.75. The summed E-state index contributed by atoms with van der Waals surface area (Å²) in [6, 6.07) is 8.12. The lowest BCUT2D eigenvalue weighted by molar-refractivity contribution is -0.0134. The number of nitriles is 1. The van der Waals surface area contributed by atoms with Gasteiger partial charge in [-0.15, -0.1) is 0 Å². The van der Waals surface area contributed by atoms with Crippen LogP contribution in [0.15, 0.2) is 18.2 Å². The average molecular weight is 341 g/mol. The zero-order valence-electron chi connectivity index (χ0n) is 15.6. The van der Waals surface area contributed by atoms with Crippen molar-refractivity contribution in [2.75, 3.05) is 31.6 Å². The predicted octanol–water partition coefficient (Wildman–Crippen LogP) is 2.95. The average Bonchev–Trinajstić information content (AvgIpc) is 2.58. The van der Waals surface area contributed by atoms with Crippen LogP contribution in [-0.4, -0.2) is 38.8 Å². The van der Waals surface area contributed by atoms with Gasteiger partial charge < -0.3 is 15.0 Å². The quantitative estimate of drug-likeness (QED) is 0.838. The van der Waals surface area contributed by atoms with Crippen molar-refractivity contribution in [2.24, 2.45) is 10.8 Å². The molecule has 5 nitrogen and oxygen atoms in total. The summed E-state index contributed by atoms with van der Waals surface area (Å²) in [5, 5.41) is 13.0. The molecule has 1 atom stereocenters. The molecular formula is C20H27N3O2. The highest BCUT2D eigenvalue weighted by Crippen LogP contribution is 2.47. The number of nitrogens with zero attached hydrogens (tertiary/aromatic N) is 2. The minimum absolute atomic E-state index is 0.274. The fraction of sp³-hybridized carbons (Fsp3) is 0.600. The largest absolute Gasteiger partial charge is 0.465 e. The fourth-order valence-corrected chi connectivity index (χ4v) is 4.50. The Balaban J connectivity index is 1.74. The number of esters is 1. The van der Waals surface area contributed by atoms with Gasteiger partial charge in [0.2, 0.25) is 0 Å². The van der Waals surface area contributed by atoms with Crippen LogP contribution in [0.3, 0.4) is 0 Å². The van der Waals surface area contributed by atoms with Crippen LogP contribution in [-0.2, 0) is 4.74 Å². The lowest BCUT2D eigenvalue weighted by Gasteiger charge is -2.59. The van der Waals surface area contributed by atoms with Gasteiger partial charge in [-0.2, -0.15) is 5.26 Å². The van der Waals surface area contributed by atoms with Gasteiger partial charge in [0.05, 0.1) is 18.2 Å². The van der Waals surface area contributed by atoms with E-state index in [0.717, 1.165) is 38.2 Å². The molecule has 0 aliphatic carbocycles. The molecule has 5 heteroatoms. The van der Waals surface area contributed by atoms with E-state index in [1.165, 1.54) is 7.11 Å². The highest BCUT2D eigenvalue weighted by Gasteiger charge is 2.52. The van der Waals surface area contributed by atoms with Gasteiger partial charge in [0.25, 0.3) is 0 Å². The zero-order valence-corrected chi connectivity index (χ0v) is 15.6. The molecule has 0 bridgehead atoms. The van der Waals surface area contributed by atoms with Gasteiger partial charge in [-0.3, -0.25) is 0 Å². The predicted molar refractivity (Wildman–Crippen MR) is 97.6 cm³/mol. The van der Waals surface area contributed by atoms with E-state index in [2.05, 4.69) is 37.1 Å². The van der Waals surface area contributed by atoms with Crippen molar-refractivity contribution in [3.05, 3.63) is 29.3 Å². The summed E-state index contributed by atoms with van der Waals surface area (Å²) in [5.74, 6) is -0.464. The van der Waals surface area contributed by atoms with Crippen LogP contribution in [0.4, 0.5) is 5.69 Å². The van der Waals surface area contributed by atoms with Crippen LogP contribution in [0.2, 0.25) is 0 Å². The van der Waals surface area contributed by atoms with Crippen molar-refractivity contribution in [3.63, 3.8) is 0 Å². The van der Waals surface area contributed by atoms with Gasteiger partial charge >= 0.3 is 5.97 Å². The van der Waals surface area contributed by atoms with Crippen LogP contribution in [0.5, 0.6) is 0 Å².